The fraction of sp³-hybridized carbons (Fsp3) is 0.818. The lowest BCUT2D eigenvalue weighted by Gasteiger charge is -2.35. The number of hydrogen-bond donors (Lipinski definition) is 1. The van der Waals surface area contributed by atoms with Crippen molar-refractivity contribution in [2.45, 2.75) is 56.2 Å². The van der Waals surface area contributed by atoms with Gasteiger partial charge in [0.15, 0.2) is 0 Å². The first-order chi connectivity index (χ1) is 8.15. The Morgan fingerprint density at radius 1 is 1.35 bits per heavy atom. The van der Waals surface area contributed by atoms with Crippen molar-refractivity contribution in [1.29, 1.82) is 0 Å². The van der Waals surface area contributed by atoms with Crippen LogP contribution in [0.2, 0.25) is 0 Å². The summed E-state index contributed by atoms with van der Waals surface area (Å²) in [5, 5.41) is 17.5. The molecule has 3 heterocycles. The number of alkyl halides is 1. The van der Waals surface area contributed by atoms with Crippen molar-refractivity contribution in [1.82, 2.24) is 10.2 Å². The molecule has 2 aliphatic rings. The maximum atomic E-state index is 9.73. The molecule has 3 rings (SSSR count). The average molecular weight is 258 g/mol. The molecule has 17 heavy (non-hydrogen) atoms. The van der Waals surface area contributed by atoms with Gasteiger partial charge in [-0.15, -0.1) is 16.7 Å². The number of aliphatic hydroxyl groups is 1. The summed E-state index contributed by atoms with van der Waals surface area (Å²) in [6, 6.07) is 1.23. The number of aliphatic hydroxyl groups excluding tert-OH is 1. The van der Waals surface area contributed by atoms with Crippen LogP contribution in [0.25, 0.3) is 0 Å². The van der Waals surface area contributed by atoms with Crippen LogP contribution in [0.3, 0.4) is 0 Å². The lowest BCUT2D eigenvalue weighted by molar-refractivity contribution is 0.124. The minimum absolute atomic E-state index is 0.182. The van der Waals surface area contributed by atoms with E-state index < -0.39 is 0 Å². The van der Waals surface area contributed by atoms with E-state index >= 15 is 0 Å². The number of aromatic nitrogens is 2. The highest BCUT2D eigenvalue weighted by molar-refractivity contribution is 6.20. The molecule has 6 heteroatoms. The van der Waals surface area contributed by atoms with Gasteiger partial charge in [0.25, 0.3) is 0 Å². The summed E-state index contributed by atoms with van der Waals surface area (Å²) in [7, 11) is 0. The van der Waals surface area contributed by atoms with E-state index in [0.717, 1.165) is 25.7 Å². The molecule has 1 aromatic heterocycles. The van der Waals surface area contributed by atoms with Gasteiger partial charge in [-0.1, -0.05) is 5.10 Å². The molecule has 2 aliphatic heterocycles. The summed E-state index contributed by atoms with van der Waals surface area (Å²) < 4.78 is 5.59. The molecule has 0 radical (unpaired) electrons. The largest absolute Gasteiger partial charge is 0.406 e. The first-order valence-electron chi connectivity index (χ1n) is 6.09. The minimum Gasteiger partial charge on any atom is -0.406 e. The Bertz CT molecular complexity index is 395. The summed E-state index contributed by atoms with van der Waals surface area (Å²) >= 11 is 5.91. The zero-order valence-electron chi connectivity index (χ0n) is 9.71. The Hall–Kier alpha value is -0.810. The zero-order valence-corrected chi connectivity index (χ0v) is 10.5. The van der Waals surface area contributed by atoms with E-state index in [9.17, 15) is 5.11 Å². The van der Waals surface area contributed by atoms with Crippen molar-refractivity contribution >= 4 is 17.6 Å². The van der Waals surface area contributed by atoms with Gasteiger partial charge in [-0.25, -0.2) is 0 Å². The number of fused-ring (bicyclic) bond motifs is 2. The summed E-state index contributed by atoms with van der Waals surface area (Å²) in [5.41, 5.74) is 0. The van der Waals surface area contributed by atoms with Gasteiger partial charge in [0.2, 0.25) is 5.89 Å². The average Bonchev–Trinajstić information content (AvgIpc) is 2.82. The van der Waals surface area contributed by atoms with Gasteiger partial charge in [0, 0.05) is 12.1 Å². The first-order valence-corrected chi connectivity index (χ1v) is 6.52. The topological polar surface area (TPSA) is 62.4 Å². The van der Waals surface area contributed by atoms with Gasteiger partial charge in [-0.05, 0) is 32.6 Å². The maximum Gasteiger partial charge on any atom is 0.318 e. The molecule has 3 unspecified atom stereocenters. The van der Waals surface area contributed by atoms with Crippen LogP contribution in [0, 0.1) is 0 Å². The van der Waals surface area contributed by atoms with E-state index in [0.29, 0.717) is 24.0 Å². The molecule has 0 amide bonds. The van der Waals surface area contributed by atoms with E-state index in [1.165, 1.54) is 0 Å². The molecule has 0 aliphatic carbocycles. The van der Waals surface area contributed by atoms with Crippen LogP contribution >= 0.6 is 11.6 Å². The summed E-state index contributed by atoms with van der Waals surface area (Å²) in [4.78, 5) is 2.17. The highest BCUT2D eigenvalue weighted by atomic mass is 35.5. The van der Waals surface area contributed by atoms with E-state index in [4.69, 9.17) is 16.0 Å². The molecular formula is C11H16ClN3O2. The van der Waals surface area contributed by atoms with E-state index in [1.807, 2.05) is 6.92 Å². The molecule has 3 atom stereocenters. The number of rotatable bonds is 2. The van der Waals surface area contributed by atoms with Gasteiger partial charge in [-0.2, -0.15) is 0 Å². The second-order valence-corrected chi connectivity index (χ2v) is 5.61. The van der Waals surface area contributed by atoms with E-state index in [1.54, 1.807) is 0 Å². The molecule has 1 N–H and O–H groups in total. The van der Waals surface area contributed by atoms with Crippen molar-refractivity contribution in [2.75, 3.05) is 4.90 Å². The number of hydrogen-bond acceptors (Lipinski definition) is 5. The summed E-state index contributed by atoms with van der Waals surface area (Å²) in [6.45, 7) is 1.81. The first kappa shape index (κ1) is 11.3. The van der Waals surface area contributed by atoms with Gasteiger partial charge in [-0.3, -0.25) is 0 Å². The highest BCUT2D eigenvalue weighted by Gasteiger charge is 2.42. The maximum absolute atomic E-state index is 9.73. The monoisotopic (exact) mass is 257 g/mol. The lowest BCUT2D eigenvalue weighted by Crippen LogP contribution is -2.45. The van der Waals surface area contributed by atoms with Crippen LogP contribution in [-0.4, -0.2) is 33.5 Å². The fourth-order valence-electron chi connectivity index (χ4n) is 2.95. The molecule has 5 nitrogen and oxygen atoms in total. The van der Waals surface area contributed by atoms with Crippen molar-refractivity contribution in [3.05, 3.63) is 5.89 Å². The third kappa shape index (κ3) is 1.91. The molecule has 0 saturated carbocycles. The van der Waals surface area contributed by atoms with Gasteiger partial charge in [0.05, 0.1) is 6.10 Å². The Labute approximate surface area is 105 Å². The molecule has 94 valence electrons. The third-order valence-electron chi connectivity index (χ3n) is 3.70. The molecule has 2 fully saturated rings. The standard InChI is InChI=1S/C11H16ClN3O2/c1-6(12)10-13-14-11(17-10)15-7-2-3-8(15)5-9(16)4-7/h6-9,16H,2-5H2,1H3. The Morgan fingerprint density at radius 3 is 2.53 bits per heavy atom. The minimum atomic E-state index is -0.260. The Balaban J connectivity index is 1.84. The highest BCUT2D eigenvalue weighted by Crippen LogP contribution is 2.39. The number of halogens is 1. The van der Waals surface area contributed by atoms with Crippen LogP contribution < -0.4 is 4.90 Å². The Morgan fingerprint density at radius 2 is 2.00 bits per heavy atom. The van der Waals surface area contributed by atoms with Crippen LogP contribution in [0.4, 0.5) is 6.01 Å². The number of piperidine rings is 1. The smallest absolute Gasteiger partial charge is 0.318 e. The summed E-state index contributed by atoms with van der Waals surface area (Å²) in [6.07, 6.45) is 3.60. The third-order valence-corrected chi connectivity index (χ3v) is 3.89. The van der Waals surface area contributed by atoms with Gasteiger partial charge in [0.1, 0.15) is 5.38 Å². The van der Waals surface area contributed by atoms with Gasteiger partial charge < -0.3 is 14.4 Å². The van der Waals surface area contributed by atoms with Crippen molar-refractivity contribution in [2.24, 2.45) is 0 Å². The quantitative estimate of drug-likeness (QED) is 0.820. The predicted molar refractivity (Wildman–Crippen MR) is 63.1 cm³/mol. The van der Waals surface area contributed by atoms with Crippen molar-refractivity contribution in [3.8, 4) is 0 Å². The normalized spacial score (nSPS) is 34.1. The molecular weight excluding hydrogens is 242 g/mol. The van der Waals surface area contributed by atoms with E-state index in [-0.39, 0.29) is 11.5 Å². The predicted octanol–water partition coefficient (Wildman–Crippen LogP) is 1.86. The lowest BCUT2D eigenvalue weighted by atomic mass is 10.0. The Kier molecular flexibility index (Phi) is 2.75. The summed E-state index contributed by atoms with van der Waals surface area (Å²) in [5.74, 6) is 0.465. The molecule has 0 aromatic carbocycles. The van der Waals surface area contributed by atoms with Crippen LogP contribution in [0.1, 0.15) is 43.9 Å². The van der Waals surface area contributed by atoms with Crippen molar-refractivity contribution in [3.63, 3.8) is 0 Å². The van der Waals surface area contributed by atoms with Crippen LogP contribution in [0.5, 0.6) is 0 Å². The van der Waals surface area contributed by atoms with Crippen LogP contribution in [-0.2, 0) is 0 Å². The van der Waals surface area contributed by atoms with Crippen molar-refractivity contribution < 1.29 is 9.52 Å². The second-order valence-electron chi connectivity index (χ2n) is 4.96. The fourth-order valence-corrected chi connectivity index (χ4v) is 3.04. The van der Waals surface area contributed by atoms with Crippen LogP contribution in [0.15, 0.2) is 4.42 Å². The second kappa shape index (κ2) is 4.14. The number of nitrogens with zero attached hydrogens (tertiary/aromatic N) is 3. The molecule has 0 spiro atoms. The molecule has 2 saturated heterocycles. The number of anilines is 1. The SMILES string of the molecule is CC(Cl)c1nnc(N2C3CCC2CC(O)C3)o1. The zero-order chi connectivity index (χ0) is 12.0. The van der Waals surface area contributed by atoms with E-state index in [2.05, 4.69) is 15.1 Å². The molecule has 1 aromatic rings. The van der Waals surface area contributed by atoms with Gasteiger partial charge >= 0.3 is 6.01 Å². The molecule has 2 bridgehead atoms.